The Labute approximate surface area is 222 Å². The van der Waals surface area contributed by atoms with Crippen LogP contribution >= 0.6 is 0 Å². The Bertz CT molecular complexity index is 1260. The normalized spacial score (nSPS) is 26.6. The average Bonchev–Trinajstić information content (AvgIpc) is 2.90. The molecular formula is C28H35N5O5. The van der Waals surface area contributed by atoms with Crippen LogP contribution in [0.5, 0.6) is 0 Å². The molecule has 1 fully saturated rings. The number of amides is 3. The number of hydrogen-bond donors (Lipinski definition) is 3. The Hall–Kier alpha value is -3.79. The van der Waals surface area contributed by atoms with Crippen molar-refractivity contribution in [2.75, 3.05) is 6.54 Å². The molecule has 5 bridgehead atoms. The summed E-state index contributed by atoms with van der Waals surface area (Å²) >= 11 is 0. The number of hydrazine groups is 1. The lowest BCUT2D eigenvalue weighted by Crippen LogP contribution is -2.61. The minimum atomic E-state index is -0.861. The Morgan fingerprint density at radius 1 is 1.05 bits per heavy atom. The summed E-state index contributed by atoms with van der Waals surface area (Å²) in [5.41, 5.74) is 4.48. The number of rotatable bonds is 1. The molecule has 10 heteroatoms. The molecule has 3 amide bonds. The number of ether oxygens (including phenoxy) is 1. The highest BCUT2D eigenvalue weighted by atomic mass is 16.5. The molecule has 202 valence electrons. The van der Waals surface area contributed by atoms with Gasteiger partial charge in [0.25, 0.3) is 5.91 Å². The molecule has 38 heavy (non-hydrogen) atoms. The van der Waals surface area contributed by atoms with Crippen LogP contribution in [-0.4, -0.2) is 58.4 Å². The molecule has 1 saturated heterocycles. The van der Waals surface area contributed by atoms with E-state index < -0.39 is 36.1 Å². The molecule has 0 saturated carbocycles. The number of nitrogens with zero attached hydrogens (tertiary/aromatic N) is 2. The number of benzene rings is 1. The van der Waals surface area contributed by atoms with Gasteiger partial charge in [-0.1, -0.05) is 32.1 Å². The van der Waals surface area contributed by atoms with Crippen LogP contribution in [0.1, 0.15) is 64.3 Å². The lowest BCUT2D eigenvalue weighted by atomic mass is 10.0. The molecule has 2 aliphatic rings. The first-order chi connectivity index (χ1) is 18.1. The summed E-state index contributed by atoms with van der Waals surface area (Å²) < 4.78 is 5.77. The molecule has 0 aliphatic carbocycles. The number of nitrogens with one attached hydrogen (secondary N) is 3. The van der Waals surface area contributed by atoms with Gasteiger partial charge >= 0.3 is 5.97 Å². The zero-order valence-electron chi connectivity index (χ0n) is 22.2. The predicted octanol–water partition coefficient (Wildman–Crippen LogP) is 2.40. The highest BCUT2D eigenvalue weighted by Crippen LogP contribution is 2.24. The molecule has 2 unspecified atom stereocenters. The van der Waals surface area contributed by atoms with E-state index in [1.54, 1.807) is 25.3 Å². The minimum absolute atomic E-state index is 0.0663. The number of pyridine rings is 1. The summed E-state index contributed by atoms with van der Waals surface area (Å²) in [6.45, 7) is 7.44. The summed E-state index contributed by atoms with van der Waals surface area (Å²) in [5.74, 6) is -1.77. The van der Waals surface area contributed by atoms with E-state index in [0.29, 0.717) is 25.1 Å². The first-order valence-corrected chi connectivity index (χ1v) is 13.1. The summed E-state index contributed by atoms with van der Waals surface area (Å²) in [6.07, 6.45) is 5.90. The average molecular weight is 522 g/mol. The molecule has 1 aromatic carbocycles. The van der Waals surface area contributed by atoms with Gasteiger partial charge in [0.05, 0.1) is 5.69 Å². The Balaban J connectivity index is 1.64. The predicted molar refractivity (Wildman–Crippen MR) is 142 cm³/mol. The van der Waals surface area contributed by atoms with Crippen LogP contribution in [-0.2, 0) is 23.9 Å². The maximum Gasteiger partial charge on any atom is 0.325 e. The zero-order chi connectivity index (χ0) is 27.4. The zero-order valence-corrected chi connectivity index (χ0v) is 22.2. The van der Waals surface area contributed by atoms with Gasteiger partial charge in [0, 0.05) is 24.5 Å². The molecule has 2 aliphatic heterocycles. The number of fused-ring (bicyclic) bond motifs is 4. The molecule has 0 spiro atoms. The standard InChI is InChI=1S/C28H35N5O5/c1-16(2)25-26(35)30-17(3)27(36)33-12-6-8-23(32-33)28(37)38-18(4)19-10-11-20-15-29-22(14-21(20)13-19)7-5-9-24(34)31-25/h5,7,10-11,13-18,23,25,32H,6,8-9,12H2,1-4H3,(H,30,35)(H,31,34)/b7-5-/t17-,18?,23-,25?/m0/s1. The fraction of sp³-hybridized carbons (Fsp3) is 0.464. The number of esters is 1. The first-order valence-electron chi connectivity index (χ1n) is 13.1. The van der Waals surface area contributed by atoms with E-state index in [-0.39, 0.29) is 24.2 Å². The molecule has 2 aromatic rings. The molecular weight excluding hydrogens is 486 g/mol. The van der Waals surface area contributed by atoms with Gasteiger partial charge in [0.1, 0.15) is 24.2 Å². The Kier molecular flexibility index (Phi) is 8.41. The van der Waals surface area contributed by atoms with E-state index in [1.807, 2.05) is 45.0 Å². The number of carbonyl (C=O) groups excluding carboxylic acids is 4. The maximum atomic E-state index is 13.1. The molecule has 10 nitrogen and oxygen atoms in total. The third kappa shape index (κ3) is 6.36. The second-order valence-electron chi connectivity index (χ2n) is 10.2. The molecule has 0 radical (unpaired) electrons. The topological polar surface area (TPSA) is 130 Å². The summed E-state index contributed by atoms with van der Waals surface area (Å²) in [6, 6.07) is 5.33. The lowest BCUT2D eigenvalue weighted by Gasteiger charge is -2.35. The Morgan fingerprint density at radius 2 is 1.84 bits per heavy atom. The van der Waals surface area contributed by atoms with Crippen molar-refractivity contribution in [2.24, 2.45) is 5.92 Å². The van der Waals surface area contributed by atoms with E-state index >= 15 is 0 Å². The molecule has 3 heterocycles. The number of carbonyl (C=O) groups is 4. The van der Waals surface area contributed by atoms with Crippen LogP contribution in [0.25, 0.3) is 16.8 Å². The van der Waals surface area contributed by atoms with Gasteiger partial charge in [-0.3, -0.25) is 29.2 Å². The molecule has 3 N–H and O–H groups in total. The molecule has 4 rings (SSSR count). The van der Waals surface area contributed by atoms with E-state index in [4.69, 9.17) is 4.74 Å². The van der Waals surface area contributed by atoms with Crippen molar-refractivity contribution in [3.63, 3.8) is 0 Å². The lowest BCUT2D eigenvalue weighted by molar-refractivity contribution is -0.157. The van der Waals surface area contributed by atoms with Gasteiger partial charge in [-0.2, -0.15) is 0 Å². The van der Waals surface area contributed by atoms with E-state index in [0.717, 1.165) is 16.3 Å². The third-order valence-electron chi connectivity index (χ3n) is 6.85. The van der Waals surface area contributed by atoms with Crippen LogP contribution in [0.2, 0.25) is 0 Å². The minimum Gasteiger partial charge on any atom is -0.457 e. The Morgan fingerprint density at radius 3 is 2.61 bits per heavy atom. The van der Waals surface area contributed by atoms with Crippen molar-refractivity contribution in [3.8, 4) is 0 Å². The second kappa shape index (κ2) is 11.7. The van der Waals surface area contributed by atoms with Crippen LogP contribution < -0.4 is 16.1 Å². The quantitative estimate of drug-likeness (QED) is 0.492. The number of cyclic esters (lactones) is 1. The van der Waals surface area contributed by atoms with Crippen LogP contribution in [0.15, 0.2) is 36.5 Å². The van der Waals surface area contributed by atoms with Crippen molar-refractivity contribution in [2.45, 2.75) is 71.2 Å². The van der Waals surface area contributed by atoms with E-state index in [9.17, 15) is 19.2 Å². The largest absolute Gasteiger partial charge is 0.457 e. The van der Waals surface area contributed by atoms with Gasteiger partial charge in [0.2, 0.25) is 11.8 Å². The van der Waals surface area contributed by atoms with Crippen molar-refractivity contribution >= 4 is 40.5 Å². The van der Waals surface area contributed by atoms with Crippen molar-refractivity contribution < 1.29 is 23.9 Å². The summed E-state index contributed by atoms with van der Waals surface area (Å²) in [7, 11) is 0. The molecule has 1 aromatic heterocycles. The van der Waals surface area contributed by atoms with Crippen LogP contribution in [0.3, 0.4) is 0 Å². The number of aromatic nitrogens is 1. The summed E-state index contributed by atoms with van der Waals surface area (Å²) in [4.78, 5) is 56.1. The van der Waals surface area contributed by atoms with E-state index in [1.165, 1.54) is 5.01 Å². The van der Waals surface area contributed by atoms with Crippen LogP contribution in [0.4, 0.5) is 0 Å². The monoisotopic (exact) mass is 521 g/mol. The number of hydrogen-bond acceptors (Lipinski definition) is 7. The highest BCUT2D eigenvalue weighted by Gasteiger charge is 2.33. The SMILES string of the molecule is CC1OC(=O)[C@@H]2CCCN(N2)C(=O)[C@H](C)NC(=O)C(C(C)C)NC(=O)C/C=C\c2cc3cc1ccc3cn2. The third-order valence-corrected chi connectivity index (χ3v) is 6.85. The van der Waals surface area contributed by atoms with Crippen molar-refractivity contribution in [1.82, 2.24) is 26.1 Å². The van der Waals surface area contributed by atoms with Gasteiger partial charge in [-0.05, 0) is 61.8 Å². The van der Waals surface area contributed by atoms with E-state index in [2.05, 4.69) is 21.0 Å². The maximum absolute atomic E-state index is 13.1. The highest BCUT2D eigenvalue weighted by molar-refractivity contribution is 5.92. The van der Waals surface area contributed by atoms with Crippen LogP contribution in [0, 0.1) is 5.92 Å². The van der Waals surface area contributed by atoms with Crippen molar-refractivity contribution in [3.05, 3.63) is 47.8 Å². The summed E-state index contributed by atoms with van der Waals surface area (Å²) in [5, 5.41) is 8.71. The fourth-order valence-corrected chi connectivity index (χ4v) is 4.61. The first kappa shape index (κ1) is 27.3. The van der Waals surface area contributed by atoms with Crippen molar-refractivity contribution in [1.29, 1.82) is 0 Å². The van der Waals surface area contributed by atoms with Gasteiger partial charge in [-0.25, -0.2) is 5.43 Å². The fourth-order valence-electron chi connectivity index (χ4n) is 4.61. The van der Waals surface area contributed by atoms with Gasteiger partial charge < -0.3 is 15.4 Å². The smallest absolute Gasteiger partial charge is 0.325 e. The van der Waals surface area contributed by atoms with Gasteiger partial charge in [-0.15, -0.1) is 0 Å². The van der Waals surface area contributed by atoms with Gasteiger partial charge in [0.15, 0.2) is 0 Å². The second-order valence-corrected chi connectivity index (χ2v) is 10.2. The molecule has 4 atom stereocenters.